The Kier molecular flexibility index (Phi) is 10.6. The number of rotatable bonds is 13. The largest absolute Gasteiger partial charge is 0.406 e. The van der Waals surface area contributed by atoms with Crippen molar-refractivity contribution in [3.05, 3.63) is 48.0 Å². The number of aliphatic hydroxyl groups excluding tert-OH is 3. The standard InChI is InChI=1S/C24H33N2O11PS/c1-23(2,13-27)22(32)39-11-10-35-38(34,25-12-15-6-4-3-5-7-15)36-14-24(33)20(30)18(29)19(37-24)16-8-9-17(28)26-21(16)31/h3-9,16,18-20,27,29-30,33H,10-14H2,1-2H3,(H,25,34)(H,26,28,31)/t16?,18-,19-,20-,24+,38?/m0/s1. The van der Waals surface area contributed by atoms with E-state index in [4.69, 9.17) is 13.8 Å². The van der Waals surface area contributed by atoms with E-state index in [1.165, 1.54) is 6.08 Å². The molecular formula is C24H33N2O11PS. The first-order valence-electron chi connectivity index (χ1n) is 12.1. The molecule has 0 bridgehead atoms. The van der Waals surface area contributed by atoms with Gasteiger partial charge in [-0.2, -0.15) is 0 Å². The lowest BCUT2D eigenvalue weighted by Crippen LogP contribution is -2.47. The molecule has 15 heteroatoms. The summed E-state index contributed by atoms with van der Waals surface area (Å²) >= 11 is 0.879. The Labute approximate surface area is 229 Å². The average molecular weight is 589 g/mol. The topological polar surface area (TPSA) is 201 Å². The van der Waals surface area contributed by atoms with Gasteiger partial charge in [-0.3, -0.25) is 28.7 Å². The summed E-state index contributed by atoms with van der Waals surface area (Å²) in [5.41, 5.74) is -0.236. The van der Waals surface area contributed by atoms with Crippen molar-refractivity contribution in [1.29, 1.82) is 0 Å². The zero-order chi connectivity index (χ0) is 28.8. The normalized spacial score (nSPS) is 28.8. The molecule has 2 aliphatic rings. The number of aliphatic hydroxyl groups is 4. The lowest BCUT2D eigenvalue weighted by molar-refractivity contribution is -0.245. The number of imide groups is 1. The third kappa shape index (κ3) is 8.04. The maximum Gasteiger partial charge on any atom is 0.406 e. The van der Waals surface area contributed by atoms with Gasteiger partial charge in [0.2, 0.25) is 17.6 Å². The molecule has 0 aromatic heterocycles. The Bertz CT molecular complexity index is 1120. The molecule has 2 aliphatic heterocycles. The SMILES string of the molecule is CC(C)(CO)C(=O)SCCOP(=O)(NCc1ccccc1)OC[C@@]1(O)O[C@@H](C2C=CC(=O)NC2=O)[C@H](O)[C@@H]1O. The van der Waals surface area contributed by atoms with Crippen LogP contribution in [0.1, 0.15) is 19.4 Å². The summed E-state index contributed by atoms with van der Waals surface area (Å²) in [6, 6.07) is 8.85. The van der Waals surface area contributed by atoms with Gasteiger partial charge < -0.3 is 25.2 Å². The predicted molar refractivity (Wildman–Crippen MR) is 139 cm³/mol. The molecule has 3 rings (SSSR count). The van der Waals surface area contributed by atoms with E-state index in [1.807, 2.05) is 5.32 Å². The smallest absolute Gasteiger partial charge is 0.395 e. The molecule has 13 nitrogen and oxygen atoms in total. The molecule has 6 atom stereocenters. The minimum atomic E-state index is -4.20. The first-order chi connectivity index (χ1) is 18.3. The van der Waals surface area contributed by atoms with Gasteiger partial charge in [0.25, 0.3) is 0 Å². The number of thioether (sulfide) groups is 1. The summed E-state index contributed by atoms with van der Waals surface area (Å²) in [5.74, 6) is -5.15. The van der Waals surface area contributed by atoms with E-state index in [0.29, 0.717) is 0 Å². The minimum Gasteiger partial charge on any atom is -0.395 e. The van der Waals surface area contributed by atoms with Crippen LogP contribution in [-0.4, -0.2) is 87.0 Å². The lowest BCUT2D eigenvalue weighted by Gasteiger charge is -2.29. The molecule has 6 N–H and O–H groups in total. The number of hydrogen-bond donors (Lipinski definition) is 6. The zero-order valence-corrected chi connectivity index (χ0v) is 23.1. The maximum absolute atomic E-state index is 13.5. The molecule has 1 fully saturated rings. The molecular weight excluding hydrogens is 555 g/mol. The Hall–Kier alpha value is -1.97. The van der Waals surface area contributed by atoms with E-state index in [0.717, 1.165) is 23.4 Å². The average Bonchev–Trinajstić information content (AvgIpc) is 3.13. The van der Waals surface area contributed by atoms with Gasteiger partial charge >= 0.3 is 7.75 Å². The predicted octanol–water partition coefficient (Wildman–Crippen LogP) is -0.166. The van der Waals surface area contributed by atoms with Crippen LogP contribution in [0.3, 0.4) is 0 Å². The number of amides is 2. The molecule has 0 saturated carbocycles. The van der Waals surface area contributed by atoms with Crippen molar-refractivity contribution in [2.45, 2.75) is 44.5 Å². The molecule has 0 spiro atoms. The highest BCUT2D eigenvalue weighted by atomic mass is 32.2. The summed E-state index contributed by atoms with van der Waals surface area (Å²) in [5, 5.41) is 45.6. The number of hydrogen-bond acceptors (Lipinski definition) is 12. The highest BCUT2D eigenvalue weighted by Gasteiger charge is 2.57. The summed E-state index contributed by atoms with van der Waals surface area (Å²) in [4.78, 5) is 35.8. The van der Waals surface area contributed by atoms with E-state index in [2.05, 4.69) is 5.09 Å². The molecule has 216 valence electrons. The van der Waals surface area contributed by atoms with Crippen LogP contribution in [-0.2, 0) is 39.3 Å². The summed E-state index contributed by atoms with van der Waals surface area (Å²) in [6.07, 6.45) is -2.91. The zero-order valence-electron chi connectivity index (χ0n) is 21.4. The molecule has 2 amide bonds. The van der Waals surface area contributed by atoms with Crippen LogP contribution in [0.15, 0.2) is 42.5 Å². The summed E-state index contributed by atoms with van der Waals surface area (Å²) in [6.45, 7) is 1.71. The van der Waals surface area contributed by atoms with Crippen molar-refractivity contribution in [3.63, 3.8) is 0 Å². The van der Waals surface area contributed by atoms with Crippen molar-refractivity contribution in [1.82, 2.24) is 10.4 Å². The number of nitrogens with one attached hydrogen (secondary N) is 2. The van der Waals surface area contributed by atoms with Crippen molar-refractivity contribution < 1.29 is 53.2 Å². The summed E-state index contributed by atoms with van der Waals surface area (Å²) in [7, 11) is -4.20. The Morgan fingerprint density at radius 3 is 2.56 bits per heavy atom. The molecule has 2 heterocycles. The van der Waals surface area contributed by atoms with E-state index < -0.39 is 61.6 Å². The molecule has 0 aliphatic carbocycles. The van der Waals surface area contributed by atoms with E-state index in [1.54, 1.807) is 44.2 Å². The molecule has 1 aromatic rings. The Morgan fingerprint density at radius 1 is 1.23 bits per heavy atom. The van der Waals surface area contributed by atoms with Crippen molar-refractivity contribution in [3.8, 4) is 0 Å². The first kappa shape index (κ1) is 31.6. The third-order valence-electron chi connectivity index (χ3n) is 6.11. The number of carbonyl (C=O) groups excluding carboxylic acids is 3. The van der Waals surface area contributed by atoms with E-state index in [-0.39, 0.29) is 30.6 Å². The maximum atomic E-state index is 13.5. The van der Waals surface area contributed by atoms with Crippen LogP contribution in [0.5, 0.6) is 0 Å². The van der Waals surface area contributed by atoms with Crippen molar-refractivity contribution in [2.24, 2.45) is 11.3 Å². The van der Waals surface area contributed by atoms with Crippen molar-refractivity contribution in [2.75, 3.05) is 25.6 Å². The van der Waals surface area contributed by atoms with Gasteiger partial charge in [-0.25, -0.2) is 9.65 Å². The Balaban J connectivity index is 1.67. The summed E-state index contributed by atoms with van der Waals surface area (Å²) < 4.78 is 29.8. The van der Waals surface area contributed by atoms with Crippen LogP contribution in [0.4, 0.5) is 0 Å². The molecule has 1 aromatic carbocycles. The van der Waals surface area contributed by atoms with Gasteiger partial charge in [-0.05, 0) is 19.4 Å². The van der Waals surface area contributed by atoms with Gasteiger partial charge in [0.1, 0.15) is 24.9 Å². The highest BCUT2D eigenvalue weighted by Crippen LogP contribution is 2.46. The van der Waals surface area contributed by atoms with Crippen LogP contribution >= 0.6 is 19.5 Å². The number of carbonyl (C=O) groups is 3. The van der Waals surface area contributed by atoms with Crippen molar-refractivity contribution >= 4 is 36.4 Å². The fourth-order valence-electron chi connectivity index (χ4n) is 3.65. The van der Waals surface area contributed by atoms with Crippen LogP contribution in [0.2, 0.25) is 0 Å². The molecule has 1 saturated heterocycles. The highest BCUT2D eigenvalue weighted by molar-refractivity contribution is 8.13. The van der Waals surface area contributed by atoms with Crippen LogP contribution in [0.25, 0.3) is 0 Å². The second-order valence-electron chi connectivity index (χ2n) is 9.70. The van der Waals surface area contributed by atoms with E-state index >= 15 is 0 Å². The number of benzene rings is 1. The van der Waals surface area contributed by atoms with Crippen LogP contribution < -0.4 is 10.4 Å². The van der Waals surface area contributed by atoms with Gasteiger partial charge in [-0.15, -0.1) is 0 Å². The van der Waals surface area contributed by atoms with Crippen LogP contribution in [0, 0.1) is 11.3 Å². The fraction of sp³-hybridized carbons (Fsp3) is 0.542. The second-order valence-corrected chi connectivity index (χ2v) is 12.6. The quantitative estimate of drug-likeness (QED) is 0.101. The molecule has 39 heavy (non-hydrogen) atoms. The number of ether oxygens (including phenoxy) is 1. The second kappa shape index (κ2) is 13.1. The van der Waals surface area contributed by atoms with E-state index in [9.17, 15) is 39.4 Å². The third-order valence-corrected chi connectivity index (χ3v) is 8.83. The minimum absolute atomic E-state index is 0.0376. The van der Waals surface area contributed by atoms with Gasteiger partial charge in [-0.1, -0.05) is 48.2 Å². The lowest BCUT2D eigenvalue weighted by atomic mass is 9.93. The van der Waals surface area contributed by atoms with Gasteiger partial charge in [0.05, 0.1) is 24.5 Å². The fourth-order valence-corrected chi connectivity index (χ4v) is 5.90. The van der Waals surface area contributed by atoms with Gasteiger partial charge in [0, 0.05) is 18.4 Å². The monoisotopic (exact) mass is 588 g/mol. The molecule has 2 unspecified atom stereocenters. The van der Waals surface area contributed by atoms with Gasteiger partial charge in [0.15, 0.2) is 5.12 Å². The molecule has 0 radical (unpaired) electrons. The first-order valence-corrected chi connectivity index (χ1v) is 14.6. The Morgan fingerprint density at radius 2 is 1.92 bits per heavy atom.